The van der Waals surface area contributed by atoms with Crippen LogP contribution in [0, 0.1) is 0 Å². The van der Waals surface area contributed by atoms with Gasteiger partial charge in [-0.3, -0.25) is 0 Å². The van der Waals surface area contributed by atoms with E-state index in [1.54, 1.807) is 20.8 Å². The zero-order valence-corrected chi connectivity index (χ0v) is 8.46. The van der Waals surface area contributed by atoms with E-state index in [1.807, 2.05) is 13.8 Å². The Hall–Kier alpha value is -0.120. The Kier molecular flexibility index (Phi) is 192. The monoisotopic (exact) mass is 168 g/mol. The molecule has 3 heteroatoms. The number of rotatable bonds is 0. The third-order valence-corrected chi connectivity index (χ3v) is 0. The van der Waals surface area contributed by atoms with Crippen LogP contribution in [0.1, 0.15) is 34.6 Å². The van der Waals surface area contributed by atoms with Gasteiger partial charge in [-0.2, -0.15) is 0 Å². The molecule has 0 saturated carbocycles. The highest BCUT2D eigenvalue weighted by atomic mass is 16.3. The molecule has 0 heterocycles. The van der Waals surface area contributed by atoms with Crippen LogP contribution < -0.4 is 0 Å². The zero-order valence-electron chi connectivity index (χ0n) is 8.46. The lowest BCUT2D eigenvalue weighted by molar-refractivity contribution is 0.318. The van der Waals surface area contributed by atoms with Crippen molar-refractivity contribution in [2.45, 2.75) is 34.6 Å². The Morgan fingerprint density at radius 3 is 0.636 bits per heavy atom. The van der Waals surface area contributed by atoms with E-state index >= 15 is 0 Å². The van der Waals surface area contributed by atoms with E-state index in [2.05, 4.69) is 0 Å². The van der Waals surface area contributed by atoms with Crippen molar-refractivity contribution in [1.82, 2.24) is 0 Å². The minimum Gasteiger partial charge on any atom is -0.397 e. The second kappa shape index (κ2) is 93.9. The van der Waals surface area contributed by atoms with Crippen molar-refractivity contribution >= 4 is 0 Å². The maximum Gasteiger partial charge on any atom is 0.0402 e. The fraction of sp³-hybridized carbons (Fsp3) is 1.00. The predicted octanol–water partition coefficient (Wildman–Crippen LogP) is 1.02. The van der Waals surface area contributed by atoms with Crippen LogP contribution in [0.3, 0.4) is 0 Å². The van der Waals surface area contributed by atoms with Gasteiger partial charge in [-0.15, -0.1) is 0 Å². The molecule has 0 aromatic heterocycles. The van der Waals surface area contributed by atoms with E-state index in [0.717, 1.165) is 0 Å². The normalized spacial score (nSPS) is 5.45. The Morgan fingerprint density at radius 2 is 0.636 bits per heavy atom. The SMILES string of the molecule is CC.CCO.CCO.CCO. The van der Waals surface area contributed by atoms with E-state index in [0.29, 0.717) is 0 Å². The molecular formula is C8H24O3. The molecule has 3 nitrogen and oxygen atoms in total. The van der Waals surface area contributed by atoms with Crippen molar-refractivity contribution in [3.05, 3.63) is 0 Å². The highest BCUT2D eigenvalue weighted by Gasteiger charge is 1.35. The van der Waals surface area contributed by atoms with Crippen LogP contribution in [-0.4, -0.2) is 35.1 Å². The third-order valence-electron chi connectivity index (χ3n) is 0. The lowest BCUT2D eigenvalue weighted by Crippen LogP contribution is -1.57. The highest BCUT2D eigenvalue weighted by molar-refractivity contribution is 3.84. The van der Waals surface area contributed by atoms with Crippen LogP contribution in [0.15, 0.2) is 0 Å². The van der Waals surface area contributed by atoms with Gasteiger partial charge in [0.2, 0.25) is 0 Å². The van der Waals surface area contributed by atoms with Gasteiger partial charge in [-0.25, -0.2) is 0 Å². The topological polar surface area (TPSA) is 60.7 Å². The van der Waals surface area contributed by atoms with Gasteiger partial charge in [0, 0.05) is 19.8 Å². The Bertz CT molecular complexity index is 14.1. The van der Waals surface area contributed by atoms with E-state index in [-0.39, 0.29) is 19.8 Å². The van der Waals surface area contributed by atoms with Gasteiger partial charge in [0.15, 0.2) is 0 Å². The van der Waals surface area contributed by atoms with Crippen molar-refractivity contribution in [2.24, 2.45) is 0 Å². The average Bonchev–Trinajstić information content (AvgIpc) is 1.96. The standard InChI is InChI=1S/3C2H6O.C2H6/c3*1-2-3;1-2/h3*3H,2H2,1H3;1-2H3. The first kappa shape index (κ1) is 22.4. The molecule has 0 fully saturated rings. The van der Waals surface area contributed by atoms with Crippen molar-refractivity contribution in [3.63, 3.8) is 0 Å². The maximum atomic E-state index is 7.57. The average molecular weight is 168 g/mol. The molecule has 0 aromatic carbocycles. The van der Waals surface area contributed by atoms with Crippen molar-refractivity contribution in [1.29, 1.82) is 0 Å². The molecule has 11 heavy (non-hydrogen) atoms. The summed E-state index contributed by atoms with van der Waals surface area (Å²) in [6.07, 6.45) is 0. The number of hydrogen-bond acceptors (Lipinski definition) is 3. The summed E-state index contributed by atoms with van der Waals surface area (Å²) in [5.74, 6) is 0. The highest BCUT2D eigenvalue weighted by Crippen LogP contribution is 1.30. The Balaban J connectivity index is -0.0000000301. The summed E-state index contributed by atoms with van der Waals surface area (Å²) in [4.78, 5) is 0. The number of hydrogen-bond donors (Lipinski definition) is 3. The van der Waals surface area contributed by atoms with Crippen LogP contribution in [0.4, 0.5) is 0 Å². The molecule has 0 aromatic rings. The minimum absolute atomic E-state index is 0.250. The molecule has 0 unspecified atom stereocenters. The first-order valence-corrected chi connectivity index (χ1v) is 4.07. The molecule has 0 aliphatic carbocycles. The van der Waals surface area contributed by atoms with Crippen LogP contribution in [0.5, 0.6) is 0 Å². The molecule has 0 saturated heterocycles. The van der Waals surface area contributed by atoms with Crippen LogP contribution in [0.2, 0.25) is 0 Å². The van der Waals surface area contributed by atoms with Crippen LogP contribution in [0.25, 0.3) is 0 Å². The predicted molar refractivity (Wildman–Crippen MR) is 49.6 cm³/mol. The lowest BCUT2D eigenvalue weighted by atomic mass is 10.9. The molecule has 0 spiro atoms. The largest absolute Gasteiger partial charge is 0.397 e. The van der Waals surface area contributed by atoms with E-state index in [4.69, 9.17) is 15.3 Å². The molecule has 0 rings (SSSR count). The van der Waals surface area contributed by atoms with Gasteiger partial charge in [-0.05, 0) is 20.8 Å². The molecular weight excluding hydrogens is 144 g/mol. The molecule has 0 atom stereocenters. The molecule has 0 bridgehead atoms. The smallest absolute Gasteiger partial charge is 0.0402 e. The summed E-state index contributed by atoms with van der Waals surface area (Å²) < 4.78 is 0. The fourth-order valence-corrected chi connectivity index (χ4v) is 0. The maximum absolute atomic E-state index is 7.57. The summed E-state index contributed by atoms with van der Waals surface area (Å²) in [5.41, 5.74) is 0. The summed E-state index contributed by atoms with van der Waals surface area (Å²) >= 11 is 0. The molecule has 0 radical (unpaired) electrons. The molecule has 0 aliphatic heterocycles. The summed E-state index contributed by atoms with van der Waals surface area (Å²) in [6.45, 7) is 9.79. The summed E-state index contributed by atoms with van der Waals surface area (Å²) in [5, 5.41) is 22.7. The van der Waals surface area contributed by atoms with Gasteiger partial charge in [-0.1, -0.05) is 13.8 Å². The van der Waals surface area contributed by atoms with E-state index in [1.165, 1.54) is 0 Å². The second-order valence-electron chi connectivity index (χ2n) is 0.949. The van der Waals surface area contributed by atoms with Crippen LogP contribution in [-0.2, 0) is 0 Å². The fourth-order valence-electron chi connectivity index (χ4n) is 0. The minimum atomic E-state index is 0.250. The first-order chi connectivity index (χ1) is 5.24. The Labute approximate surface area is 70.7 Å². The molecule has 74 valence electrons. The van der Waals surface area contributed by atoms with Gasteiger partial charge in [0.1, 0.15) is 0 Å². The first-order valence-electron chi connectivity index (χ1n) is 4.07. The van der Waals surface area contributed by atoms with Crippen molar-refractivity contribution in [2.75, 3.05) is 19.8 Å². The summed E-state index contributed by atoms with van der Waals surface area (Å²) in [7, 11) is 0. The number of aliphatic hydroxyl groups is 3. The second-order valence-corrected chi connectivity index (χ2v) is 0.949. The van der Waals surface area contributed by atoms with Gasteiger partial charge in [0.05, 0.1) is 0 Å². The lowest BCUT2D eigenvalue weighted by Gasteiger charge is -1.52. The van der Waals surface area contributed by atoms with Gasteiger partial charge >= 0.3 is 0 Å². The van der Waals surface area contributed by atoms with Gasteiger partial charge < -0.3 is 15.3 Å². The van der Waals surface area contributed by atoms with Crippen molar-refractivity contribution < 1.29 is 15.3 Å². The van der Waals surface area contributed by atoms with Crippen LogP contribution >= 0.6 is 0 Å². The molecule has 0 aliphatic rings. The Morgan fingerprint density at radius 1 is 0.636 bits per heavy atom. The molecule has 0 amide bonds. The number of aliphatic hydroxyl groups excluding tert-OH is 3. The zero-order chi connectivity index (χ0) is 10.1. The van der Waals surface area contributed by atoms with E-state index < -0.39 is 0 Å². The molecule has 3 N–H and O–H groups in total. The van der Waals surface area contributed by atoms with E-state index in [9.17, 15) is 0 Å². The third kappa shape index (κ3) is 42600. The van der Waals surface area contributed by atoms with Gasteiger partial charge in [0.25, 0.3) is 0 Å². The van der Waals surface area contributed by atoms with Crippen molar-refractivity contribution in [3.8, 4) is 0 Å². The summed E-state index contributed by atoms with van der Waals surface area (Å²) in [6, 6.07) is 0. The quantitative estimate of drug-likeness (QED) is 0.506.